The lowest BCUT2D eigenvalue weighted by molar-refractivity contribution is -0.150. The minimum atomic E-state index is -0.541. The van der Waals surface area contributed by atoms with Gasteiger partial charge in [0.1, 0.15) is 0 Å². The second kappa shape index (κ2) is 8.93. The number of imide groups is 1. The number of amides is 3. The number of esters is 1. The number of benzene rings is 1. The van der Waals surface area contributed by atoms with Crippen molar-refractivity contribution >= 4 is 17.9 Å². The van der Waals surface area contributed by atoms with E-state index in [1.807, 2.05) is 0 Å². The molecular weight excluding hydrogens is 344 g/mol. The van der Waals surface area contributed by atoms with E-state index >= 15 is 0 Å². The largest absolute Gasteiger partial charge is 0.493 e. The summed E-state index contributed by atoms with van der Waals surface area (Å²) >= 11 is 0. The molecule has 0 radical (unpaired) electrons. The molecule has 2 rings (SSSR count). The van der Waals surface area contributed by atoms with Crippen LogP contribution in [0.2, 0.25) is 0 Å². The zero-order chi connectivity index (χ0) is 19.1. The number of hydrogen-bond acceptors (Lipinski definition) is 7. The molecule has 1 N–H and O–H groups in total. The second-order valence-electron chi connectivity index (χ2n) is 5.47. The van der Waals surface area contributed by atoms with Crippen molar-refractivity contribution in [3.63, 3.8) is 0 Å². The van der Waals surface area contributed by atoms with Crippen molar-refractivity contribution in [1.29, 1.82) is 0 Å². The predicted octanol–water partition coefficient (Wildman–Crippen LogP) is 0.740. The molecule has 3 amide bonds. The maximum atomic E-state index is 11.9. The summed E-state index contributed by atoms with van der Waals surface area (Å²) in [5.41, 5.74) is 0.793. The van der Waals surface area contributed by atoms with Gasteiger partial charge in [0.2, 0.25) is 5.75 Å². The highest BCUT2D eigenvalue weighted by atomic mass is 16.5. The van der Waals surface area contributed by atoms with E-state index < -0.39 is 24.5 Å². The number of urea groups is 1. The maximum absolute atomic E-state index is 11.9. The first kappa shape index (κ1) is 19.4. The molecule has 1 aromatic carbocycles. The molecule has 26 heavy (non-hydrogen) atoms. The molecule has 0 spiro atoms. The predicted molar refractivity (Wildman–Crippen MR) is 90.5 cm³/mol. The van der Waals surface area contributed by atoms with Crippen LogP contribution in [0.4, 0.5) is 4.79 Å². The Balaban J connectivity index is 1.88. The number of rotatable bonds is 8. The van der Waals surface area contributed by atoms with Gasteiger partial charge in [0.25, 0.3) is 5.91 Å². The van der Waals surface area contributed by atoms with Crippen LogP contribution in [0.25, 0.3) is 0 Å². The SMILES string of the molecule is COc1cc(CCC(=O)OCC(=O)N2CCNC2=O)cc(OC)c1OC. The summed E-state index contributed by atoms with van der Waals surface area (Å²) in [5, 5.41) is 2.51. The molecule has 0 aromatic heterocycles. The molecule has 0 aliphatic carbocycles. The van der Waals surface area contributed by atoms with Gasteiger partial charge in [0.05, 0.1) is 21.3 Å². The molecule has 0 bridgehead atoms. The van der Waals surface area contributed by atoms with Crippen molar-refractivity contribution in [1.82, 2.24) is 10.2 Å². The molecule has 0 saturated carbocycles. The first-order chi connectivity index (χ1) is 12.5. The molecule has 0 unspecified atom stereocenters. The second-order valence-corrected chi connectivity index (χ2v) is 5.47. The van der Waals surface area contributed by atoms with E-state index in [9.17, 15) is 14.4 Å². The Bertz CT molecular complexity index is 665. The topological polar surface area (TPSA) is 103 Å². The van der Waals surface area contributed by atoms with E-state index in [0.717, 1.165) is 10.5 Å². The number of carbonyl (C=O) groups is 3. The number of methoxy groups -OCH3 is 3. The Morgan fingerprint density at radius 2 is 1.77 bits per heavy atom. The van der Waals surface area contributed by atoms with Crippen LogP contribution in [0, 0.1) is 0 Å². The van der Waals surface area contributed by atoms with Gasteiger partial charge < -0.3 is 24.3 Å². The van der Waals surface area contributed by atoms with Crippen molar-refractivity contribution in [2.45, 2.75) is 12.8 Å². The molecule has 1 aliphatic rings. The van der Waals surface area contributed by atoms with Crippen LogP contribution in [-0.4, -0.2) is 63.8 Å². The fourth-order valence-electron chi connectivity index (χ4n) is 2.53. The van der Waals surface area contributed by atoms with E-state index in [-0.39, 0.29) is 13.0 Å². The summed E-state index contributed by atoms with van der Waals surface area (Å²) in [6, 6.07) is 3.02. The summed E-state index contributed by atoms with van der Waals surface area (Å²) in [7, 11) is 4.53. The first-order valence-electron chi connectivity index (χ1n) is 8.02. The summed E-state index contributed by atoms with van der Waals surface area (Å²) < 4.78 is 20.7. The molecule has 0 atom stereocenters. The molecule has 1 saturated heterocycles. The van der Waals surface area contributed by atoms with Crippen molar-refractivity contribution in [3.8, 4) is 17.2 Å². The van der Waals surface area contributed by atoms with Crippen LogP contribution >= 0.6 is 0 Å². The number of nitrogens with zero attached hydrogens (tertiary/aromatic N) is 1. The fraction of sp³-hybridized carbons (Fsp3) is 0.471. The highest BCUT2D eigenvalue weighted by Crippen LogP contribution is 2.38. The third kappa shape index (κ3) is 4.56. The lowest BCUT2D eigenvalue weighted by Crippen LogP contribution is -2.37. The molecule has 1 aliphatic heterocycles. The van der Waals surface area contributed by atoms with Crippen LogP contribution in [0.3, 0.4) is 0 Å². The number of ether oxygens (including phenoxy) is 4. The van der Waals surface area contributed by atoms with E-state index in [0.29, 0.717) is 30.2 Å². The third-order valence-electron chi connectivity index (χ3n) is 3.86. The molecule has 9 heteroatoms. The number of carbonyl (C=O) groups excluding carboxylic acids is 3. The average molecular weight is 366 g/mol. The highest BCUT2D eigenvalue weighted by Gasteiger charge is 2.26. The van der Waals surface area contributed by atoms with Crippen molar-refractivity contribution in [3.05, 3.63) is 17.7 Å². The minimum absolute atomic E-state index is 0.0676. The Morgan fingerprint density at radius 1 is 1.12 bits per heavy atom. The lowest BCUT2D eigenvalue weighted by atomic mass is 10.1. The Hall–Kier alpha value is -2.97. The van der Waals surface area contributed by atoms with Gasteiger partial charge >= 0.3 is 12.0 Å². The van der Waals surface area contributed by atoms with Crippen LogP contribution < -0.4 is 19.5 Å². The van der Waals surface area contributed by atoms with E-state index in [4.69, 9.17) is 18.9 Å². The van der Waals surface area contributed by atoms with E-state index in [2.05, 4.69) is 5.32 Å². The summed E-state index contributed by atoms with van der Waals surface area (Å²) in [6.07, 6.45) is 0.437. The van der Waals surface area contributed by atoms with E-state index in [1.54, 1.807) is 12.1 Å². The first-order valence-corrected chi connectivity index (χ1v) is 8.02. The summed E-state index contributed by atoms with van der Waals surface area (Å²) in [6.45, 7) is 0.224. The highest BCUT2D eigenvalue weighted by molar-refractivity contribution is 5.96. The van der Waals surface area contributed by atoms with Gasteiger partial charge in [-0.25, -0.2) is 4.79 Å². The van der Waals surface area contributed by atoms with Gasteiger partial charge in [-0.15, -0.1) is 0 Å². The minimum Gasteiger partial charge on any atom is -0.493 e. The van der Waals surface area contributed by atoms with Gasteiger partial charge in [0, 0.05) is 19.5 Å². The van der Waals surface area contributed by atoms with Crippen molar-refractivity contribution < 1.29 is 33.3 Å². The van der Waals surface area contributed by atoms with Gasteiger partial charge in [-0.05, 0) is 24.1 Å². The average Bonchev–Trinajstić information content (AvgIpc) is 3.09. The van der Waals surface area contributed by atoms with Crippen molar-refractivity contribution in [2.75, 3.05) is 41.0 Å². The fourth-order valence-corrected chi connectivity index (χ4v) is 2.53. The molecule has 1 heterocycles. The normalized spacial score (nSPS) is 13.2. The number of aryl methyl sites for hydroxylation is 1. The Labute approximate surface area is 151 Å². The van der Waals surface area contributed by atoms with Crippen molar-refractivity contribution in [2.24, 2.45) is 0 Å². The zero-order valence-electron chi connectivity index (χ0n) is 15.0. The Kier molecular flexibility index (Phi) is 6.65. The summed E-state index contributed by atoms with van der Waals surface area (Å²) in [4.78, 5) is 36.1. The maximum Gasteiger partial charge on any atom is 0.324 e. The van der Waals surface area contributed by atoms with Crippen LogP contribution in [0.1, 0.15) is 12.0 Å². The molecular formula is C17H22N2O7. The standard InChI is InChI=1S/C17H22N2O7/c1-23-12-8-11(9-13(24-2)16(12)25-3)4-5-15(21)26-10-14(20)19-7-6-18-17(19)22/h8-9H,4-7,10H2,1-3H3,(H,18,22). The lowest BCUT2D eigenvalue weighted by Gasteiger charge is -2.14. The molecule has 142 valence electrons. The van der Waals surface area contributed by atoms with E-state index in [1.165, 1.54) is 21.3 Å². The van der Waals surface area contributed by atoms with Gasteiger partial charge in [0.15, 0.2) is 18.1 Å². The Morgan fingerprint density at radius 3 is 2.27 bits per heavy atom. The number of hydrogen-bond donors (Lipinski definition) is 1. The monoisotopic (exact) mass is 366 g/mol. The quantitative estimate of drug-likeness (QED) is 0.677. The molecule has 1 fully saturated rings. The smallest absolute Gasteiger partial charge is 0.324 e. The molecule has 9 nitrogen and oxygen atoms in total. The number of nitrogens with one attached hydrogen (secondary N) is 1. The van der Waals surface area contributed by atoms with Crippen LogP contribution in [0.5, 0.6) is 17.2 Å². The van der Waals surface area contributed by atoms with Gasteiger partial charge in [-0.2, -0.15) is 0 Å². The molecule has 1 aromatic rings. The summed E-state index contributed by atoms with van der Waals surface area (Å²) in [5.74, 6) is 0.375. The third-order valence-corrected chi connectivity index (χ3v) is 3.86. The zero-order valence-corrected chi connectivity index (χ0v) is 15.0. The van der Waals surface area contributed by atoms with Crippen LogP contribution in [-0.2, 0) is 20.7 Å². The van der Waals surface area contributed by atoms with Gasteiger partial charge in [-0.1, -0.05) is 0 Å². The van der Waals surface area contributed by atoms with Crippen LogP contribution in [0.15, 0.2) is 12.1 Å². The van der Waals surface area contributed by atoms with Gasteiger partial charge in [-0.3, -0.25) is 14.5 Å².